The third kappa shape index (κ3) is 3.59. The Morgan fingerprint density at radius 2 is 2.21 bits per heavy atom. The molecular weight excluding hydrogens is 307 g/mol. The first-order valence-electron chi connectivity index (χ1n) is 5.31. The van der Waals surface area contributed by atoms with Gasteiger partial charge in [0, 0.05) is 22.7 Å². The summed E-state index contributed by atoms with van der Waals surface area (Å²) in [7, 11) is 1.51. The Kier molecular flexibility index (Phi) is 4.63. The molecular formula is C12H10Cl2N2O2S. The number of methoxy groups -OCH3 is 1. The minimum atomic E-state index is -0.196. The minimum Gasteiger partial charge on any atom is -0.495 e. The van der Waals surface area contributed by atoms with E-state index in [-0.39, 0.29) is 12.3 Å². The van der Waals surface area contributed by atoms with Gasteiger partial charge in [0.05, 0.1) is 18.6 Å². The Hall–Kier alpha value is -1.30. The Morgan fingerprint density at radius 1 is 1.42 bits per heavy atom. The van der Waals surface area contributed by atoms with E-state index in [9.17, 15) is 4.79 Å². The van der Waals surface area contributed by atoms with Crippen LogP contribution in [0.5, 0.6) is 5.75 Å². The fourth-order valence-corrected chi connectivity index (χ4v) is 2.51. The van der Waals surface area contributed by atoms with Crippen molar-refractivity contribution in [2.24, 2.45) is 0 Å². The maximum atomic E-state index is 11.8. The maximum Gasteiger partial charge on any atom is 0.230 e. The predicted molar refractivity (Wildman–Crippen MR) is 77.5 cm³/mol. The quantitative estimate of drug-likeness (QED) is 0.936. The first-order chi connectivity index (χ1) is 9.10. The van der Waals surface area contributed by atoms with Gasteiger partial charge in [0.1, 0.15) is 5.75 Å². The SMILES string of the molecule is COc1cc(Cl)c(CC(=O)Nc2nccs2)cc1Cl. The van der Waals surface area contributed by atoms with Crippen molar-refractivity contribution in [2.75, 3.05) is 12.4 Å². The Balaban J connectivity index is 2.10. The molecule has 0 atom stereocenters. The smallest absolute Gasteiger partial charge is 0.230 e. The number of aromatic nitrogens is 1. The minimum absolute atomic E-state index is 0.127. The van der Waals surface area contributed by atoms with Crippen LogP contribution in [0.3, 0.4) is 0 Å². The predicted octanol–water partition coefficient (Wildman–Crippen LogP) is 3.64. The lowest BCUT2D eigenvalue weighted by molar-refractivity contribution is -0.115. The van der Waals surface area contributed by atoms with Crippen LogP contribution in [0.25, 0.3) is 0 Å². The van der Waals surface area contributed by atoms with Crippen molar-refractivity contribution < 1.29 is 9.53 Å². The van der Waals surface area contributed by atoms with Crippen molar-refractivity contribution >= 4 is 45.6 Å². The van der Waals surface area contributed by atoms with Gasteiger partial charge >= 0.3 is 0 Å². The molecule has 0 fully saturated rings. The van der Waals surface area contributed by atoms with Crippen molar-refractivity contribution in [2.45, 2.75) is 6.42 Å². The number of rotatable bonds is 4. The van der Waals surface area contributed by atoms with Gasteiger partial charge in [-0.05, 0) is 11.6 Å². The van der Waals surface area contributed by atoms with Crippen LogP contribution in [-0.2, 0) is 11.2 Å². The van der Waals surface area contributed by atoms with Gasteiger partial charge in [0.2, 0.25) is 5.91 Å². The molecule has 19 heavy (non-hydrogen) atoms. The molecule has 0 radical (unpaired) electrons. The summed E-state index contributed by atoms with van der Waals surface area (Å²) in [6.07, 6.45) is 1.75. The van der Waals surface area contributed by atoms with Crippen LogP contribution in [0.2, 0.25) is 10.0 Å². The molecule has 2 aromatic rings. The Labute approximate surface area is 124 Å². The average Bonchev–Trinajstić information content (AvgIpc) is 2.86. The lowest BCUT2D eigenvalue weighted by Crippen LogP contribution is -2.14. The van der Waals surface area contributed by atoms with Crippen LogP contribution in [0, 0.1) is 0 Å². The second-order valence-corrected chi connectivity index (χ2v) is 5.35. The van der Waals surface area contributed by atoms with Crippen LogP contribution in [0.1, 0.15) is 5.56 Å². The molecule has 100 valence electrons. The van der Waals surface area contributed by atoms with Gasteiger partial charge in [-0.3, -0.25) is 4.79 Å². The molecule has 2 rings (SSSR count). The fourth-order valence-electron chi connectivity index (χ4n) is 1.48. The highest BCUT2D eigenvalue weighted by atomic mass is 35.5. The van der Waals surface area contributed by atoms with Crippen LogP contribution in [0.15, 0.2) is 23.7 Å². The van der Waals surface area contributed by atoms with E-state index in [4.69, 9.17) is 27.9 Å². The molecule has 1 aromatic heterocycles. The monoisotopic (exact) mass is 316 g/mol. The van der Waals surface area contributed by atoms with E-state index in [1.165, 1.54) is 18.4 Å². The molecule has 1 aromatic carbocycles. The topological polar surface area (TPSA) is 51.2 Å². The largest absolute Gasteiger partial charge is 0.495 e. The zero-order valence-corrected chi connectivity index (χ0v) is 12.3. The van der Waals surface area contributed by atoms with Gasteiger partial charge in [0.25, 0.3) is 0 Å². The standard InChI is InChI=1S/C12H10Cl2N2O2S/c1-18-10-6-8(13)7(4-9(10)14)5-11(17)16-12-15-2-3-19-12/h2-4,6H,5H2,1H3,(H,15,16,17). The fraction of sp³-hybridized carbons (Fsp3) is 0.167. The molecule has 0 bridgehead atoms. The number of ether oxygens (including phenoxy) is 1. The number of anilines is 1. The summed E-state index contributed by atoms with van der Waals surface area (Å²) in [5.74, 6) is 0.286. The number of hydrogen-bond acceptors (Lipinski definition) is 4. The molecule has 0 aliphatic heterocycles. The van der Waals surface area contributed by atoms with Crippen molar-refractivity contribution in [1.82, 2.24) is 4.98 Å². The highest BCUT2D eigenvalue weighted by Crippen LogP contribution is 2.31. The normalized spacial score (nSPS) is 10.3. The molecule has 4 nitrogen and oxygen atoms in total. The van der Waals surface area contributed by atoms with Gasteiger partial charge in [-0.15, -0.1) is 11.3 Å². The number of nitrogens with one attached hydrogen (secondary N) is 1. The van der Waals surface area contributed by atoms with Crippen LogP contribution >= 0.6 is 34.5 Å². The number of thiazole rings is 1. The van der Waals surface area contributed by atoms with Crippen molar-refractivity contribution in [3.8, 4) is 5.75 Å². The number of nitrogens with zero attached hydrogens (tertiary/aromatic N) is 1. The number of carbonyl (C=O) groups excluding carboxylic acids is 1. The summed E-state index contributed by atoms with van der Waals surface area (Å²) >= 11 is 13.4. The van der Waals surface area contributed by atoms with E-state index >= 15 is 0 Å². The molecule has 1 N–H and O–H groups in total. The number of hydrogen-bond donors (Lipinski definition) is 1. The van der Waals surface area contributed by atoms with Crippen LogP contribution < -0.4 is 10.1 Å². The van der Waals surface area contributed by atoms with Crippen molar-refractivity contribution in [1.29, 1.82) is 0 Å². The zero-order valence-electron chi connectivity index (χ0n) is 9.94. The second-order valence-electron chi connectivity index (χ2n) is 3.64. The molecule has 7 heteroatoms. The Bertz CT molecular complexity index is 588. The first kappa shape index (κ1) is 14.1. The molecule has 1 heterocycles. The molecule has 0 aliphatic carbocycles. The van der Waals surface area contributed by atoms with Crippen LogP contribution in [-0.4, -0.2) is 18.0 Å². The molecule has 0 unspecified atom stereocenters. The van der Waals surface area contributed by atoms with Crippen molar-refractivity contribution in [3.05, 3.63) is 39.3 Å². The molecule has 0 spiro atoms. The van der Waals surface area contributed by atoms with Gasteiger partial charge in [-0.1, -0.05) is 23.2 Å². The number of halogens is 2. The van der Waals surface area contributed by atoms with Gasteiger partial charge < -0.3 is 10.1 Å². The average molecular weight is 317 g/mol. The van der Waals surface area contributed by atoms with Gasteiger partial charge in [-0.25, -0.2) is 4.98 Å². The second kappa shape index (κ2) is 6.23. The third-order valence-electron chi connectivity index (χ3n) is 2.35. The van der Waals surface area contributed by atoms with E-state index in [1.54, 1.807) is 23.7 Å². The summed E-state index contributed by atoms with van der Waals surface area (Å²) in [4.78, 5) is 15.8. The number of carbonyl (C=O) groups is 1. The number of benzene rings is 1. The summed E-state index contributed by atoms with van der Waals surface area (Å²) in [5.41, 5.74) is 0.640. The molecule has 1 amide bonds. The first-order valence-corrected chi connectivity index (χ1v) is 6.95. The van der Waals surface area contributed by atoms with E-state index in [0.29, 0.717) is 26.5 Å². The lowest BCUT2D eigenvalue weighted by atomic mass is 10.1. The van der Waals surface area contributed by atoms with Gasteiger partial charge in [0.15, 0.2) is 5.13 Å². The third-order valence-corrected chi connectivity index (χ3v) is 3.69. The highest BCUT2D eigenvalue weighted by Gasteiger charge is 2.12. The summed E-state index contributed by atoms with van der Waals surface area (Å²) in [5, 5.41) is 5.88. The van der Waals surface area contributed by atoms with Gasteiger partial charge in [-0.2, -0.15) is 0 Å². The summed E-state index contributed by atoms with van der Waals surface area (Å²) < 4.78 is 5.05. The zero-order chi connectivity index (χ0) is 13.8. The highest BCUT2D eigenvalue weighted by molar-refractivity contribution is 7.13. The number of amides is 1. The maximum absolute atomic E-state index is 11.8. The lowest BCUT2D eigenvalue weighted by Gasteiger charge is -2.08. The van der Waals surface area contributed by atoms with E-state index in [1.807, 2.05) is 0 Å². The summed E-state index contributed by atoms with van der Waals surface area (Å²) in [6, 6.07) is 3.22. The van der Waals surface area contributed by atoms with Crippen LogP contribution in [0.4, 0.5) is 5.13 Å². The molecule has 0 saturated carbocycles. The van der Waals surface area contributed by atoms with E-state index in [2.05, 4.69) is 10.3 Å². The Morgan fingerprint density at radius 3 is 2.84 bits per heavy atom. The summed E-state index contributed by atoms with van der Waals surface area (Å²) in [6.45, 7) is 0. The molecule has 0 aliphatic rings. The van der Waals surface area contributed by atoms with E-state index < -0.39 is 0 Å². The van der Waals surface area contributed by atoms with E-state index in [0.717, 1.165) is 0 Å². The van der Waals surface area contributed by atoms with Crippen molar-refractivity contribution in [3.63, 3.8) is 0 Å². The molecule has 0 saturated heterocycles.